The number of nitrogens with zero attached hydrogens (tertiary/aromatic N) is 4. The third-order valence-electron chi connectivity index (χ3n) is 4.90. The molecule has 4 rings (SSSR count). The number of nitrogens with one attached hydrogen (secondary N) is 1. The Morgan fingerprint density at radius 1 is 1.10 bits per heavy atom. The third-order valence-corrected chi connectivity index (χ3v) is 6.35. The highest BCUT2D eigenvalue weighted by Gasteiger charge is 2.14. The molecule has 2 N–H and O–H groups in total. The molecule has 0 aliphatic carbocycles. The topological polar surface area (TPSA) is 83.4 Å². The van der Waals surface area contributed by atoms with E-state index in [2.05, 4.69) is 57.3 Å². The minimum atomic E-state index is 0.134. The molecule has 0 amide bonds. The number of halogens is 3. The van der Waals surface area contributed by atoms with Crippen LogP contribution in [0.1, 0.15) is 11.4 Å². The molecular formula is C21H20Br2ClN5O2. The molecule has 0 bridgehead atoms. The molecule has 1 saturated heterocycles. The van der Waals surface area contributed by atoms with E-state index >= 15 is 0 Å². The zero-order valence-corrected chi connectivity index (χ0v) is 20.4. The van der Waals surface area contributed by atoms with Crippen LogP contribution in [0.15, 0.2) is 45.5 Å². The fraction of sp³-hybridized carbons (Fsp3) is 0.286. The summed E-state index contributed by atoms with van der Waals surface area (Å²) in [7, 11) is 0. The summed E-state index contributed by atoms with van der Waals surface area (Å²) in [6.45, 7) is 4.92. The zero-order chi connectivity index (χ0) is 21.8. The molecule has 2 aromatic carbocycles. The monoisotopic (exact) mass is 567 g/mol. The summed E-state index contributed by atoms with van der Waals surface area (Å²) in [6, 6.07) is 9.17. The van der Waals surface area contributed by atoms with E-state index in [-0.39, 0.29) is 12.4 Å². The number of ether oxygens (including phenoxy) is 1. The summed E-state index contributed by atoms with van der Waals surface area (Å²) < 4.78 is 7.13. The number of benzene rings is 2. The van der Waals surface area contributed by atoms with Gasteiger partial charge in [-0.25, -0.2) is 4.98 Å². The smallest absolute Gasteiger partial charge is 0.188 e. The van der Waals surface area contributed by atoms with Crippen LogP contribution < -0.4 is 10.1 Å². The van der Waals surface area contributed by atoms with E-state index in [1.54, 1.807) is 18.3 Å². The van der Waals surface area contributed by atoms with Gasteiger partial charge >= 0.3 is 0 Å². The van der Waals surface area contributed by atoms with Crippen molar-refractivity contribution in [2.45, 2.75) is 13.2 Å². The van der Waals surface area contributed by atoms with Gasteiger partial charge in [0.05, 0.1) is 15.1 Å². The lowest BCUT2D eigenvalue weighted by Gasteiger charge is -2.27. The van der Waals surface area contributed by atoms with Crippen LogP contribution >= 0.6 is 43.5 Å². The second kappa shape index (κ2) is 10.2. The van der Waals surface area contributed by atoms with Gasteiger partial charge in [-0.15, -0.1) is 10.2 Å². The minimum absolute atomic E-state index is 0.134. The van der Waals surface area contributed by atoms with Crippen molar-refractivity contribution >= 4 is 43.5 Å². The SMILES string of the molecule is Oc1c(Br)cc(-c2cnc(COc3ccc(Cl)cc3CN3CCNCC3)nn2)cc1Br. The first-order valence-corrected chi connectivity index (χ1v) is 11.7. The van der Waals surface area contributed by atoms with E-state index in [1.807, 2.05) is 18.2 Å². The summed E-state index contributed by atoms with van der Waals surface area (Å²) in [6.07, 6.45) is 1.64. The van der Waals surface area contributed by atoms with Crippen molar-refractivity contribution in [3.05, 3.63) is 61.9 Å². The van der Waals surface area contributed by atoms with E-state index in [4.69, 9.17) is 16.3 Å². The molecule has 0 radical (unpaired) electrons. The summed E-state index contributed by atoms with van der Waals surface area (Å²) in [5.74, 6) is 1.38. The quantitative estimate of drug-likeness (QED) is 0.455. The molecule has 2 heterocycles. The fourth-order valence-electron chi connectivity index (χ4n) is 3.28. The first kappa shape index (κ1) is 22.4. The Morgan fingerprint density at radius 2 is 1.84 bits per heavy atom. The lowest BCUT2D eigenvalue weighted by Crippen LogP contribution is -2.42. The second-order valence-corrected chi connectivity index (χ2v) is 9.26. The maximum atomic E-state index is 9.87. The number of phenols is 1. The normalized spacial score (nSPS) is 14.5. The molecule has 1 aliphatic rings. The largest absolute Gasteiger partial charge is 0.506 e. The van der Waals surface area contributed by atoms with Gasteiger partial charge in [0, 0.05) is 48.9 Å². The number of piperazine rings is 1. The average Bonchev–Trinajstić information content (AvgIpc) is 2.78. The van der Waals surface area contributed by atoms with Crippen molar-refractivity contribution in [1.29, 1.82) is 0 Å². The predicted octanol–water partition coefficient (Wildman–Crippen LogP) is 4.41. The highest BCUT2D eigenvalue weighted by molar-refractivity contribution is 9.11. The van der Waals surface area contributed by atoms with Crippen LogP contribution in [0.2, 0.25) is 5.02 Å². The Kier molecular flexibility index (Phi) is 7.39. The highest BCUT2D eigenvalue weighted by atomic mass is 79.9. The lowest BCUT2D eigenvalue weighted by molar-refractivity contribution is 0.225. The van der Waals surface area contributed by atoms with Gasteiger partial charge in [-0.2, -0.15) is 0 Å². The van der Waals surface area contributed by atoms with Crippen molar-refractivity contribution in [2.75, 3.05) is 26.2 Å². The van der Waals surface area contributed by atoms with Gasteiger partial charge in [0.15, 0.2) is 5.82 Å². The van der Waals surface area contributed by atoms with Crippen LogP contribution in [0.4, 0.5) is 0 Å². The molecule has 1 aliphatic heterocycles. The maximum Gasteiger partial charge on any atom is 0.188 e. The van der Waals surface area contributed by atoms with Crippen LogP contribution in [0.5, 0.6) is 11.5 Å². The molecule has 0 atom stereocenters. The Balaban J connectivity index is 1.45. The van der Waals surface area contributed by atoms with Crippen LogP contribution in [-0.4, -0.2) is 51.4 Å². The van der Waals surface area contributed by atoms with Crippen molar-refractivity contribution in [3.8, 4) is 22.8 Å². The molecular weight excluding hydrogens is 550 g/mol. The summed E-state index contributed by atoms with van der Waals surface area (Å²) in [5, 5.41) is 22.4. The van der Waals surface area contributed by atoms with Crippen molar-refractivity contribution in [1.82, 2.24) is 25.4 Å². The Labute approximate surface area is 202 Å². The van der Waals surface area contributed by atoms with Gasteiger partial charge in [0.2, 0.25) is 0 Å². The summed E-state index contributed by atoms with van der Waals surface area (Å²) >= 11 is 12.9. The van der Waals surface area contributed by atoms with Gasteiger partial charge in [-0.05, 0) is 62.2 Å². The van der Waals surface area contributed by atoms with Gasteiger partial charge in [0.25, 0.3) is 0 Å². The standard InChI is InChI=1S/C21H20Br2ClN5O2/c22-16-8-13(9-17(23)21(16)30)18-10-26-20(28-27-18)12-31-19-2-1-15(24)7-14(19)11-29-5-3-25-4-6-29/h1-2,7-10,25,30H,3-6,11-12H2. The molecule has 3 aromatic rings. The summed E-state index contributed by atoms with van der Waals surface area (Å²) in [5.41, 5.74) is 2.41. The number of aromatic nitrogens is 3. The molecule has 10 heteroatoms. The molecule has 1 fully saturated rings. The predicted molar refractivity (Wildman–Crippen MR) is 126 cm³/mol. The van der Waals surface area contributed by atoms with Gasteiger partial charge in [-0.1, -0.05) is 11.6 Å². The summed E-state index contributed by atoms with van der Waals surface area (Å²) in [4.78, 5) is 6.75. The van der Waals surface area contributed by atoms with Gasteiger partial charge in [-0.3, -0.25) is 4.90 Å². The molecule has 31 heavy (non-hydrogen) atoms. The van der Waals surface area contributed by atoms with Crippen LogP contribution in [0.25, 0.3) is 11.3 Å². The van der Waals surface area contributed by atoms with E-state index in [0.717, 1.165) is 49.6 Å². The van der Waals surface area contributed by atoms with Crippen LogP contribution in [-0.2, 0) is 13.2 Å². The first-order valence-electron chi connectivity index (χ1n) is 9.71. The van der Waals surface area contributed by atoms with Gasteiger partial charge < -0.3 is 15.2 Å². The van der Waals surface area contributed by atoms with Crippen molar-refractivity contribution in [3.63, 3.8) is 0 Å². The number of hydrogen-bond acceptors (Lipinski definition) is 7. The van der Waals surface area contributed by atoms with E-state index in [1.165, 1.54) is 0 Å². The van der Waals surface area contributed by atoms with E-state index in [9.17, 15) is 5.11 Å². The maximum absolute atomic E-state index is 9.87. The van der Waals surface area contributed by atoms with Crippen LogP contribution in [0.3, 0.4) is 0 Å². The average molecular weight is 570 g/mol. The lowest BCUT2D eigenvalue weighted by atomic mass is 10.1. The zero-order valence-electron chi connectivity index (χ0n) is 16.5. The Morgan fingerprint density at radius 3 is 2.52 bits per heavy atom. The number of hydrogen-bond donors (Lipinski definition) is 2. The fourth-order valence-corrected chi connectivity index (χ4v) is 4.66. The molecule has 0 saturated carbocycles. The third kappa shape index (κ3) is 5.72. The molecule has 162 valence electrons. The minimum Gasteiger partial charge on any atom is -0.506 e. The Bertz CT molecular complexity index is 1040. The molecule has 0 unspecified atom stereocenters. The van der Waals surface area contributed by atoms with E-state index < -0.39 is 0 Å². The van der Waals surface area contributed by atoms with Crippen molar-refractivity contribution in [2.24, 2.45) is 0 Å². The highest BCUT2D eigenvalue weighted by Crippen LogP contribution is 2.36. The van der Waals surface area contributed by atoms with E-state index in [0.29, 0.717) is 25.5 Å². The molecule has 1 aromatic heterocycles. The molecule has 0 spiro atoms. The Hall–Kier alpha value is -1.78. The van der Waals surface area contributed by atoms with Crippen molar-refractivity contribution < 1.29 is 9.84 Å². The van der Waals surface area contributed by atoms with Gasteiger partial charge in [0.1, 0.15) is 23.8 Å². The number of phenolic OH excluding ortho intramolecular Hbond substituents is 1. The second-order valence-electron chi connectivity index (χ2n) is 7.12. The first-order chi connectivity index (χ1) is 15.0. The number of rotatable bonds is 6. The number of aromatic hydroxyl groups is 1. The van der Waals surface area contributed by atoms with Crippen LogP contribution in [0, 0.1) is 0 Å². The molecule has 7 nitrogen and oxygen atoms in total.